The number of ether oxygens (including phenoxy) is 1. The van der Waals surface area contributed by atoms with E-state index in [1.807, 2.05) is 30.3 Å². The lowest BCUT2D eigenvalue weighted by atomic mass is 10.1. The van der Waals surface area contributed by atoms with Crippen molar-refractivity contribution in [2.24, 2.45) is 0 Å². The minimum atomic E-state index is -0.506. The summed E-state index contributed by atoms with van der Waals surface area (Å²) in [6.07, 6.45) is 0.0633. The van der Waals surface area contributed by atoms with E-state index in [2.05, 4.69) is 5.32 Å². The molecule has 0 aromatic heterocycles. The van der Waals surface area contributed by atoms with Gasteiger partial charge in [-0.3, -0.25) is 4.79 Å². The van der Waals surface area contributed by atoms with Gasteiger partial charge in [-0.15, -0.1) is 0 Å². The second-order valence-corrected chi connectivity index (χ2v) is 3.78. The molecule has 1 N–H and O–H groups in total. The van der Waals surface area contributed by atoms with E-state index < -0.39 is 12.1 Å². The second kappa shape index (κ2) is 4.23. The van der Waals surface area contributed by atoms with Crippen LogP contribution in [0.2, 0.25) is 0 Å². The van der Waals surface area contributed by atoms with Crippen molar-refractivity contribution in [1.82, 2.24) is 5.32 Å². The Kier molecular flexibility index (Phi) is 2.78. The van der Waals surface area contributed by atoms with E-state index in [1.54, 1.807) is 6.92 Å². The number of nitriles is 1. The van der Waals surface area contributed by atoms with Crippen LogP contribution < -0.4 is 10.1 Å². The number of hydrogen-bond acceptors (Lipinski definition) is 3. The first-order valence-electron chi connectivity index (χ1n) is 5.15. The standard InChI is InChI=1S/C12H12N2O2/c1-8(7-13)14-12(15)11-6-9-4-2-3-5-10(9)16-11/h2-5,8,11H,6H2,1H3,(H,14,15). The molecule has 82 valence electrons. The Balaban J connectivity index is 2.01. The summed E-state index contributed by atoms with van der Waals surface area (Å²) in [7, 11) is 0. The zero-order valence-corrected chi connectivity index (χ0v) is 8.93. The Morgan fingerprint density at radius 2 is 2.38 bits per heavy atom. The molecule has 1 amide bonds. The average Bonchev–Trinajstić information content (AvgIpc) is 2.72. The third kappa shape index (κ3) is 1.98. The van der Waals surface area contributed by atoms with E-state index in [0.29, 0.717) is 6.42 Å². The van der Waals surface area contributed by atoms with Gasteiger partial charge in [-0.25, -0.2) is 0 Å². The number of carbonyl (C=O) groups excluding carboxylic acids is 1. The third-order valence-electron chi connectivity index (χ3n) is 2.49. The SMILES string of the molecule is CC(C#N)NC(=O)C1Cc2ccccc2O1. The fraction of sp³-hybridized carbons (Fsp3) is 0.333. The van der Waals surface area contributed by atoms with E-state index in [0.717, 1.165) is 11.3 Å². The predicted octanol–water partition coefficient (Wildman–Crippen LogP) is 1.02. The highest BCUT2D eigenvalue weighted by Crippen LogP contribution is 2.28. The van der Waals surface area contributed by atoms with E-state index in [-0.39, 0.29) is 5.91 Å². The van der Waals surface area contributed by atoms with Crippen LogP contribution in [0.5, 0.6) is 5.75 Å². The molecule has 2 atom stereocenters. The van der Waals surface area contributed by atoms with Crippen molar-refractivity contribution in [3.8, 4) is 11.8 Å². The van der Waals surface area contributed by atoms with Crippen molar-refractivity contribution in [2.75, 3.05) is 0 Å². The van der Waals surface area contributed by atoms with E-state index in [4.69, 9.17) is 10.00 Å². The van der Waals surface area contributed by atoms with Crippen molar-refractivity contribution in [2.45, 2.75) is 25.5 Å². The van der Waals surface area contributed by atoms with Crippen LogP contribution in [0.1, 0.15) is 12.5 Å². The van der Waals surface area contributed by atoms with Gasteiger partial charge in [0.25, 0.3) is 5.91 Å². The zero-order valence-electron chi connectivity index (χ0n) is 8.93. The summed E-state index contributed by atoms with van der Waals surface area (Å²) in [5, 5.41) is 11.2. The fourth-order valence-electron chi connectivity index (χ4n) is 1.67. The minimum absolute atomic E-state index is 0.231. The zero-order chi connectivity index (χ0) is 11.5. The quantitative estimate of drug-likeness (QED) is 0.802. The van der Waals surface area contributed by atoms with E-state index >= 15 is 0 Å². The van der Waals surface area contributed by atoms with Gasteiger partial charge >= 0.3 is 0 Å². The molecule has 0 fully saturated rings. The van der Waals surface area contributed by atoms with E-state index in [9.17, 15) is 4.79 Å². The Bertz CT molecular complexity index is 426. The van der Waals surface area contributed by atoms with Gasteiger partial charge < -0.3 is 10.1 Å². The molecule has 0 aliphatic carbocycles. The fourth-order valence-corrected chi connectivity index (χ4v) is 1.67. The van der Waals surface area contributed by atoms with Crippen molar-refractivity contribution >= 4 is 5.91 Å². The summed E-state index contributed by atoms with van der Waals surface area (Å²) in [6, 6.07) is 9.04. The average molecular weight is 216 g/mol. The minimum Gasteiger partial charge on any atom is -0.480 e. The summed E-state index contributed by atoms with van der Waals surface area (Å²) in [5.74, 6) is 0.525. The number of nitrogens with zero attached hydrogens (tertiary/aromatic N) is 1. The Hall–Kier alpha value is -2.02. The van der Waals surface area contributed by atoms with Crippen molar-refractivity contribution < 1.29 is 9.53 Å². The van der Waals surface area contributed by atoms with Gasteiger partial charge in [-0.2, -0.15) is 5.26 Å². The number of rotatable bonds is 2. The molecule has 1 aliphatic heterocycles. The maximum absolute atomic E-state index is 11.7. The lowest BCUT2D eigenvalue weighted by Gasteiger charge is -2.12. The molecule has 4 heteroatoms. The molecule has 0 radical (unpaired) electrons. The van der Waals surface area contributed by atoms with Gasteiger partial charge in [0.1, 0.15) is 11.8 Å². The molecule has 0 saturated carbocycles. The van der Waals surface area contributed by atoms with Crippen LogP contribution in [0, 0.1) is 11.3 Å². The topological polar surface area (TPSA) is 62.1 Å². The Morgan fingerprint density at radius 1 is 1.62 bits per heavy atom. The summed E-state index contributed by atoms with van der Waals surface area (Å²) < 4.78 is 5.49. The molecule has 0 spiro atoms. The maximum atomic E-state index is 11.7. The molecule has 1 aliphatic rings. The summed E-state index contributed by atoms with van der Waals surface area (Å²) >= 11 is 0. The first kappa shape index (κ1) is 10.5. The molecule has 0 bridgehead atoms. The predicted molar refractivity (Wildman–Crippen MR) is 57.8 cm³/mol. The number of nitrogens with one attached hydrogen (secondary N) is 1. The van der Waals surface area contributed by atoms with Crippen LogP contribution in [0.25, 0.3) is 0 Å². The monoisotopic (exact) mass is 216 g/mol. The molecular weight excluding hydrogens is 204 g/mol. The maximum Gasteiger partial charge on any atom is 0.262 e. The highest BCUT2D eigenvalue weighted by Gasteiger charge is 2.29. The van der Waals surface area contributed by atoms with Crippen LogP contribution in [0.15, 0.2) is 24.3 Å². The molecule has 1 heterocycles. The summed E-state index contributed by atoms with van der Waals surface area (Å²) in [4.78, 5) is 11.7. The van der Waals surface area contributed by atoms with Gasteiger partial charge in [0.2, 0.25) is 0 Å². The molecule has 2 rings (SSSR count). The van der Waals surface area contributed by atoms with Gasteiger partial charge in [-0.1, -0.05) is 18.2 Å². The van der Waals surface area contributed by atoms with Gasteiger partial charge in [0, 0.05) is 6.42 Å². The number of carbonyl (C=O) groups is 1. The Morgan fingerprint density at radius 3 is 3.06 bits per heavy atom. The Labute approximate surface area is 93.8 Å². The number of para-hydroxylation sites is 1. The first-order valence-corrected chi connectivity index (χ1v) is 5.15. The molecule has 1 aromatic carbocycles. The lowest BCUT2D eigenvalue weighted by molar-refractivity contribution is -0.127. The van der Waals surface area contributed by atoms with Crippen LogP contribution in [-0.2, 0) is 11.2 Å². The van der Waals surface area contributed by atoms with Crippen molar-refractivity contribution in [3.05, 3.63) is 29.8 Å². The second-order valence-electron chi connectivity index (χ2n) is 3.78. The van der Waals surface area contributed by atoms with Crippen molar-refractivity contribution in [1.29, 1.82) is 5.26 Å². The van der Waals surface area contributed by atoms with Crippen LogP contribution in [0.4, 0.5) is 0 Å². The molecule has 4 nitrogen and oxygen atoms in total. The third-order valence-corrected chi connectivity index (χ3v) is 2.49. The molecule has 1 aromatic rings. The molecule has 16 heavy (non-hydrogen) atoms. The number of amides is 1. The number of hydrogen-bond donors (Lipinski definition) is 1. The normalized spacial score (nSPS) is 19.1. The van der Waals surface area contributed by atoms with Gasteiger partial charge in [-0.05, 0) is 18.6 Å². The first-order chi connectivity index (χ1) is 7.70. The van der Waals surface area contributed by atoms with Gasteiger partial charge in [0.15, 0.2) is 6.10 Å². The molecule has 2 unspecified atom stereocenters. The number of fused-ring (bicyclic) bond motifs is 1. The lowest BCUT2D eigenvalue weighted by Crippen LogP contribution is -2.41. The molecule has 0 saturated heterocycles. The van der Waals surface area contributed by atoms with Gasteiger partial charge in [0.05, 0.1) is 6.07 Å². The highest BCUT2D eigenvalue weighted by molar-refractivity contribution is 5.83. The van der Waals surface area contributed by atoms with E-state index in [1.165, 1.54) is 0 Å². The number of benzene rings is 1. The highest BCUT2D eigenvalue weighted by atomic mass is 16.5. The van der Waals surface area contributed by atoms with Crippen molar-refractivity contribution in [3.63, 3.8) is 0 Å². The summed E-state index contributed by atoms with van der Waals surface area (Å²) in [6.45, 7) is 1.64. The van der Waals surface area contributed by atoms with Crippen LogP contribution in [0.3, 0.4) is 0 Å². The largest absolute Gasteiger partial charge is 0.480 e. The summed E-state index contributed by atoms with van der Waals surface area (Å²) in [5.41, 5.74) is 1.03. The van der Waals surface area contributed by atoms with Crippen LogP contribution in [-0.4, -0.2) is 18.1 Å². The molecular formula is C12H12N2O2. The smallest absolute Gasteiger partial charge is 0.262 e. The van der Waals surface area contributed by atoms with Crippen LogP contribution >= 0.6 is 0 Å².